The van der Waals surface area contributed by atoms with E-state index in [1.54, 1.807) is 31.8 Å². The average molecular weight is 329 g/mol. The second-order valence-electron chi connectivity index (χ2n) is 6.38. The number of aromatic amines is 1. The fraction of sp³-hybridized carbons (Fsp3) is 0.412. The molecule has 1 fully saturated rings. The van der Waals surface area contributed by atoms with Gasteiger partial charge in [0.25, 0.3) is 0 Å². The smallest absolute Gasteiger partial charge is 0.143 e. The maximum atomic E-state index is 15.7. The number of likely N-dealkylation sites (tertiary alicyclic amines) is 1. The van der Waals surface area contributed by atoms with E-state index in [0.29, 0.717) is 24.2 Å². The van der Waals surface area contributed by atoms with Crippen molar-refractivity contribution >= 4 is 5.65 Å². The molecule has 1 aliphatic rings. The first-order valence-electron chi connectivity index (χ1n) is 8.03. The van der Waals surface area contributed by atoms with Crippen molar-refractivity contribution in [1.29, 1.82) is 0 Å². The van der Waals surface area contributed by atoms with Crippen LogP contribution in [0.3, 0.4) is 0 Å². The first-order chi connectivity index (χ1) is 11.6. The zero-order chi connectivity index (χ0) is 16.7. The van der Waals surface area contributed by atoms with Crippen LogP contribution >= 0.6 is 0 Å². The molecule has 4 heterocycles. The minimum atomic E-state index is -1.38. The van der Waals surface area contributed by atoms with E-state index < -0.39 is 5.67 Å². The lowest BCUT2D eigenvalue weighted by Crippen LogP contribution is -2.38. The van der Waals surface area contributed by atoms with Crippen LogP contribution < -0.4 is 4.74 Å². The summed E-state index contributed by atoms with van der Waals surface area (Å²) in [6.45, 7) is 1.46. The number of aromatic nitrogens is 4. The van der Waals surface area contributed by atoms with Gasteiger partial charge in [-0.2, -0.15) is 5.10 Å². The third kappa shape index (κ3) is 2.36. The van der Waals surface area contributed by atoms with Gasteiger partial charge in [-0.1, -0.05) is 0 Å². The van der Waals surface area contributed by atoms with Gasteiger partial charge >= 0.3 is 0 Å². The SMILES string of the molecule is COc1cc2ncc(-c3cn[nH]c3)n2cc1C1(F)CCN(C)CC1. The van der Waals surface area contributed by atoms with Crippen LogP contribution in [-0.2, 0) is 5.67 Å². The molecule has 1 N–H and O–H groups in total. The molecule has 4 rings (SSSR count). The fourth-order valence-corrected chi connectivity index (χ4v) is 3.36. The van der Waals surface area contributed by atoms with E-state index in [1.807, 2.05) is 17.6 Å². The van der Waals surface area contributed by atoms with Gasteiger partial charge in [-0.05, 0) is 19.9 Å². The van der Waals surface area contributed by atoms with Gasteiger partial charge in [0.2, 0.25) is 0 Å². The minimum absolute atomic E-state index is 0.459. The maximum Gasteiger partial charge on any atom is 0.143 e. The summed E-state index contributed by atoms with van der Waals surface area (Å²) in [5.41, 5.74) is 1.72. The molecule has 0 unspecified atom stereocenters. The van der Waals surface area contributed by atoms with Gasteiger partial charge in [0.05, 0.1) is 25.2 Å². The van der Waals surface area contributed by atoms with E-state index in [-0.39, 0.29) is 0 Å². The predicted molar refractivity (Wildman–Crippen MR) is 88.8 cm³/mol. The maximum absolute atomic E-state index is 15.7. The summed E-state index contributed by atoms with van der Waals surface area (Å²) in [6.07, 6.45) is 8.04. The second-order valence-corrected chi connectivity index (χ2v) is 6.38. The van der Waals surface area contributed by atoms with Crippen molar-refractivity contribution in [2.75, 3.05) is 27.2 Å². The number of pyridine rings is 1. The van der Waals surface area contributed by atoms with E-state index in [2.05, 4.69) is 20.1 Å². The van der Waals surface area contributed by atoms with Crippen molar-refractivity contribution in [2.24, 2.45) is 0 Å². The number of alkyl halides is 1. The molecule has 1 aliphatic heterocycles. The van der Waals surface area contributed by atoms with E-state index in [9.17, 15) is 0 Å². The summed E-state index contributed by atoms with van der Waals surface area (Å²) in [5.74, 6) is 0.555. The second kappa shape index (κ2) is 5.59. The van der Waals surface area contributed by atoms with Crippen molar-refractivity contribution in [3.8, 4) is 17.0 Å². The largest absolute Gasteiger partial charge is 0.496 e. The topological polar surface area (TPSA) is 58.5 Å². The van der Waals surface area contributed by atoms with Crippen LogP contribution in [0.15, 0.2) is 30.9 Å². The van der Waals surface area contributed by atoms with Crippen molar-refractivity contribution in [1.82, 2.24) is 24.5 Å². The lowest BCUT2D eigenvalue weighted by molar-refractivity contribution is 0.0646. The number of nitrogens with zero attached hydrogens (tertiary/aromatic N) is 4. The molecule has 0 radical (unpaired) electrons. The van der Waals surface area contributed by atoms with Gasteiger partial charge in [0.15, 0.2) is 0 Å². The number of imidazole rings is 1. The number of hydrogen-bond acceptors (Lipinski definition) is 4. The zero-order valence-corrected chi connectivity index (χ0v) is 13.8. The Hall–Kier alpha value is -2.41. The Bertz CT molecular complexity index is 849. The predicted octanol–water partition coefficient (Wildman–Crippen LogP) is 2.62. The highest BCUT2D eigenvalue weighted by molar-refractivity contribution is 5.64. The molecular weight excluding hydrogens is 309 g/mol. The van der Waals surface area contributed by atoms with Crippen LogP contribution in [0.4, 0.5) is 4.39 Å². The monoisotopic (exact) mass is 329 g/mol. The van der Waals surface area contributed by atoms with E-state index in [4.69, 9.17) is 4.74 Å². The fourth-order valence-electron chi connectivity index (χ4n) is 3.36. The van der Waals surface area contributed by atoms with Gasteiger partial charge in [-0.15, -0.1) is 0 Å². The molecule has 0 amide bonds. The molecule has 24 heavy (non-hydrogen) atoms. The lowest BCUT2D eigenvalue weighted by atomic mass is 9.86. The normalized spacial score (nSPS) is 18.1. The standard InChI is InChI=1S/C17H20FN5O/c1-22-5-3-17(18,4-6-22)13-11-23-14(12-8-20-21-9-12)10-19-16(23)7-15(13)24-2/h7-11H,3-6H2,1-2H3,(H,20,21). The molecule has 0 spiro atoms. The Balaban J connectivity index is 1.86. The minimum Gasteiger partial charge on any atom is -0.496 e. The quantitative estimate of drug-likeness (QED) is 0.802. The molecule has 0 bridgehead atoms. The van der Waals surface area contributed by atoms with Gasteiger partial charge in [0.1, 0.15) is 17.1 Å². The summed E-state index contributed by atoms with van der Waals surface area (Å²) >= 11 is 0. The molecule has 0 saturated carbocycles. The van der Waals surface area contributed by atoms with Crippen LogP contribution in [0, 0.1) is 0 Å². The van der Waals surface area contributed by atoms with Crippen molar-refractivity contribution in [3.63, 3.8) is 0 Å². The number of rotatable bonds is 3. The summed E-state index contributed by atoms with van der Waals surface area (Å²) in [6, 6.07) is 1.80. The molecule has 0 atom stereocenters. The molecule has 3 aromatic rings. The van der Waals surface area contributed by atoms with Crippen LogP contribution in [0.25, 0.3) is 16.9 Å². The van der Waals surface area contributed by atoms with Crippen molar-refractivity contribution < 1.29 is 9.13 Å². The van der Waals surface area contributed by atoms with Crippen LogP contribution in [0.1, 0.15) is 18.4 Å². The highest BCUT2D eigenvalue weighted by atomic mass is 19.1. The van der Waals surface area contributed by atoms with Crippen LogP contribution in [-0.4, -0.2) is 51.7 Å². The average Bonchev–Trinajstić information content (AvgIpc) is 3.25. The summed E-state index contributed by atoms with van der Waals surface area (Å²) in [7, 11) is 3.60. The number of hydrogen-bond donors (Lipinski definition) is 1. The molecule has 1 saturated heterocycles. The Kier molecular flexibility index (Phi) is 3.53. The first-order valence-corrected chi connectivity index (χ1v) is 8.03. The molecule has 6 nitrogen and oxygen atoms in total. The summed E-state index contributed by atoms with van der Waals surface area (Å²) < 4.78 is 23.1. The molecule has 7 heteroatoms. The lowest BCUT2D eigenvalue weighted by Gasteiger charge is -2.35. The number of H-pyrrole nitrogens is 1. The molecule has 0 aromatic carbocycles. The van der Waals surface area contributed by atoms with Crippen LogP contribution in [0.5, 0.6) is 5.75 Å². The number of ether oxygens (including phenoxy) is 1. The van der Waals surface area contributed by atoms with Gasteiger partial charge in [-0.3, -0.25) is 9.50 Å². The molecular formula is C17H20FN5O. The molecule has 0 aliphatic carbocycles. The molecule has 126 valence electrons. The van der Waals surface area contributed by atoms with Gasteiger partial charge in [-0.25, -0.2) is 9.37 Å². The Labute approximate surface area is 139 Å². The number of nitrogens with one attached hydrogen (secondary N) is 1. The van der Waals surface area contributed by atoms with Crippen molar-refractivity contribution in [2.45, 2.75) is 18.5 Å². The Morgan fingerprint density at radius 2 is 2.08 bits per heavy atom. The Morgan fingerprint density at radius 3 is 2.75 bits per heavy atom. The highest BCUT2D eigenvalue weighted by Gasteiger charge is 2.38. The van der Waals surface area contributed by atoms with E-state index in [1.165, 1.54) is 0 Å². The third-order valence-electron chi connectivity index (χ3n) is 4.89. The number of methoxy groups -OCH3 is 1. The summed E-state index contributed by atoms with van der Waals surface area (Å²) in [4.78, 5) is 6.56. The van der Waals surface area contributed by atoms with Gasteiger partial charge < -0.3 is 9.64 Å². The van der Waals surface area contributed by atoms with E-state index in [0.717, 1.165) is 30.0 Å². The zero-order valence-electron chi connectivity index (χ0n) is 13.8. The number of piperidine rings is 1. The number of fused-ring (bicyclic) bond motifs is 1. The third-order valence-corrected chi connectivity index (χ3v) is 4.89. The van der Waals surface area contributed by atoms with Gasteiger partial charge in [0, 0.05) is 42.7 Å². The summed E-state index contributed by atoms with van der Waals surface area (Å²) in [5, 5.41) is 6.78. The highest BCUT2D eigenvalue weighted by Crippen LogP contribution is 2.42. The Morgan fingerprint density at radius 1 is 1.29 bits per heavy atom. The molecule has 3 aromatic heterocycles. The van der Waals surface area contributed by atoms with Crippen molar-refractivity contribution in [3.05, 3.63) is 36.4 Å². The first kappa shape index (κ1) is 15.1. The van der Waals surface area contributed by atoms with E-state index >= 15 is 4.39 Å². The van der Waals surface area contributed by atoms with Crippen LogP contribution in [0.2, 0.25) is 0 Å². The number of halogens is 1.